The van der Waals surface area contributed by atoms with Gasteiger partial charge < -0.3 is 15.0 Å². The number of aromatic nitrogens is 2. The maximum atomic E-state index is 5.80. The van der Waals surface area contributed by atoms with E-state index in [-0.39, 0.29) is 0 Å². The van der Waals surface area contributed by atoms with Gasteiger partial charge in [-0.05, 0) is 29.3 Å². The fourth-order valence-electron chi connectivity index (χ4n) is 2.39. The number of methoxy groups -OCH3 is 1. The van der Waals surface area contributed by atoms with Gasteiger partial charge in [-0.15, -0.1) is 11.8 Å². The van der Waals surface area contributed by atoms with Crippen LogP contribution in [0.25, 0.3) is 11.1 Å². The molecule has 0 radical (unpaired) electrons. The molecule has 1 aromatic heterocycles. The summed E-state index contributed by atoms with van der Waals surface area (Å²) in [6.45, 7) is 0.841. The lowest BCUT2D eigenvalue weighted by Gasteiger charge is -2.10. The van der Waals surface area contributed by atoms with Gasteiger partial charge in [0.2, 0.25) is 0 Å². The zero-order chi connectivity index (χ0) is 16.1. The van der Waals surface area contributed by atoms with E-state index in [0.717, 1.165) is 18.0 Å². The SMILES string of the molecule is COc1ccc(-c2ccccc2SCCn2ccnc2N)cc1. The first-order valence-electron chi connectivity index (χ1n) is 7.41. The minimum absolute atomic E-state index is 0.564. The van der Waals surface area contributed by atoms with Gasteiger partial charge in [0.15, 0.2) is 5.95 Å². The Morgan fingerprint density at radius 3 is 2.61 bits per heavy atom. The van der Waals surface area contributed by atoms with E-state index in [9.17, 15) is 0 Å². The third-order valence-electron chi connectivity index (χ3n) is 3.63. The molecule has 0 atom stereocenters. The predicted molar refractivity (Wildman–Crippen MR) is 95.8 cm³/mol. The van der Waals surface area contributed by atoms with Gasteiger partial charge in [-0.2, -0.15) is 0 Å². The lowest BCUT2D eigenvalue weighted by Crippen LogP contribution is -2.04. The Bertz CT molecular complexity index is 768. The van der Waals surface area contributed by atoms with Gasteiger partial charge in [0.05, 0.1) is 7.11 Å². The van der Waals surface area contributed by atoms with Crippen molar-refractivity contribution in [2.45, 2.75) is 11.4 Å². The molecule has 0 unspecified atom stereocenters. The molecule has 2 N–H and O–H groups in total. The number of hydrogen-bond acceptors (Lipinski definition) is 4. The zero-order valence-corrected chi connectivity index (χ0v) is 13.8. The molecule has 0 amide bonds. The summed E-state index contributed by atoms with van der Waals surface area (Å²) in [6.07, 6.45) is 3.64. The van der Waals surface area contributed by atoms with Crippen LogP contribution in [0.15, 0.2) is 65.8 Å². The average molecular weight is 325 g/mol. The van der Waals surface area contributed by atoms with Crippen LogP contribution in [-0.2, 0) is 6.54 Å². The third-order valence-corrected chi connectivity index (χ3v) is 4.68. The Labute approximate surface area is 140 Å². The van der Waals surface area contributed by atoms with Crippen LogP contribution >= 0.6 is 11.8 Å². The highest BCUT2D eigenvalue weighted by atomic mass is 32.2. The molecule has 118 valence electrons. The zero-order valence-electron chi connectivity index (χ0n) is 13.0. The van der Waals surface area contributed by atoms with Gasteiger partial charge in [0, 0.05) is 29.6 Å². The van der Waals surface area contributed by atoms with Crippen molar-refractivity contribution in [3.8, 4) is 16.9 Å². The van der Waals surface area contributed by atoms with E-state index in [2.05, 4.69) is 41.4 Å². The van der Waals surface area contributed by atoms with Crippen LogP contribution in [0.1, 0.15) is 0 Å². The van der Waals surface area contributed by atoms with Crippen LogP contribution in [0.2, 0.25) is 0 Å². The van der Waals surface area contributed by atoms with Gasteiger partial charge in [-0.3, -0.25) is 0 Å². The molecule has 0 saturated heterocycles. The molecule has 0 fully saturated rings. The fraction of sp³-hybridized carbons (Fsp3) is 0.167. The summed E-state index contributed by atoms with van der Waals surface area (Å²) in [5.41, 5.74) is 8.22. The lowest BCUT2D eigenvalue weighted by molar-refractivity contribution is 0.415. The van der Waals surface area contributed by atoms with Crippen molar-refractivity contribution in [2.24, 2.45) is 0 Å². The van der Waals surface area contributed by atoms with Gasteiger partial charge in [0.1, 0.15) is 5.75 Å². The number of nitrogen functional groups attached to an aromatic ring is 1. The van der Waals surface area contributed by atoms with E-state index in [1.165, 1.54) is 16.0 Å². The van der Waals surface area contributed by atoms with Gasteiger partial charge in [-0.1, -0.05) is 30.3 Å². The lowest BCUT2D eigenvalue weighted by atomic mass is 10.1. The number of benzene rings is 2. The van der Waals surface area contributed by atoms with Crippen LogP contribution in [-0.4, -0.2) is 22.4 Å². The molecule has 0 aliphatic heterocycles. The summed E-state index contributed by atoms with van der Waals surface area (Å²) in [4.78, 5) is 5.30. The number of nitrogens with two attached hydrogens (primary N) is 1. The van der Waals surface area contributed by atoms with Crippen LogP contribution < -0.4 is 10.5 Å². The Hall–Kier alpha value is -2.40. The van der Waals surface area contributed by atoms with Crippen molar-refractivity contribution in [3.63, 3.8) is 0 Å². The van der Waals surface area contributed by atoms with Crippen molar-refractivity contribution in [3.05, 3.63) is 60.9 Å². The molecule has 3 aromatic rings. The highest BCUT2D eigenvalue weighted by Gasteiger charge is 2.06. The van der Waals surface area contributed by atoms with Crippen LogP contribution in [0.3, 0.4) is 0 Å². The van der Waals surface area contributed by atoms with E-state index in [1.54, 1.807) is 13.3 Å². The smallest absolute Gasteiger partial charge is 0.200 e. The Balaban J connectivity index is 1.73. The maximum Gasteiger partial charge on any atom is 0.200 e. The number of imidazole rings is 1. The molecular weight excluding hydrogens is 306 g/mol. The van der Waals surface area contributed by atoms with Gasteiger partial charge in [-0.25, -0.2) is 4.98 Å². The first kappa shape index (κ1) is 15.5. The highest BCUT2D eigenvalue weighted by molar-refractivity contribution is 7.99. The second kappa shape index (κ2) is 7.24. The molecule has 3 rings (SSSR count). The molecule has 0 aliphatic rings. The number of aryl methyl sites for hydroxylation is 1. The Kier molecular flexibility index (Phi) is 4.88. The van der Waals surface area contributed by atoms with Gasteiger partial charge >= 0.3 is 0 Å². The Morgan fingerprint density at radius 2 is 1.91 bits per heavy atom. The van der Waals surface area contributed by atoms with E-state index in [4.69, 9.17) is 10.5 Å². The third kappa shape index (κ3) is 3.68. The maximum absolute atomic E-state index is 5.80. The van der Waals surface area contributed by atoms with Crippen LogP contribution in [0.5, 0.6) is 5.75 Å². The van der Waals surface area contributed by atoms with E-state index in [1.807, 2.05) is 34.7 Å². The van der Waals surface area contributed by atoms with Crippen LogP contribution in [0, 0.1) is 0 Å². The number of ether oxygens (including phenoxy) is 1. The quantitative estimate of drug-likeness (QED) is 0.698. The summed E-state index contributed by atoms with van der Waals surface area (Å²) in [7, 11) is 1.68. The summed E-state index contributed by atoms with van der Waals surface area (Å²) in [6, 6.07) is 16.6. The molecule has 5 heteroatoms. The molecular formula is C18H19N3OS. The van der Waals surface area contributed by atoms with Crippen LogP contribution in [0.4, 0.5) is 5.95 Å². The van der Waals surface area contributed by atoms with Crippen molar-refractivity contribution < 1.29 is 4.74 Å². The molecule has 0 aliphatic carbocycles. The van der Waals surface area contributed by atoms with E-state index >= 15 is 0 Å². The number of anilines is 1. The molecule has 0 bridgehead atoms. The predicted octanol–water partition coefficient (Wildman–Crippen LogP) is 3.93. The molecule has 0 saturated carbocycles. The summed E-state index contributed by atoms with van der Waals surface area (Å²) in [5, 5.41) is 0. The second-order valence-corrected chi connectivity index (χ2v) is 6.19. The number of nitrogens with zero attached hydrogens (tertiary/aromatic N) is 2. The first-order chi connectivity index (χ1) is 11.3. The summed E-state index contributed by atoms with van der Waals surface area (Å²) < 4.78 is 7.19. The second-order valence-electron chi connectivity index (χ2n) is 5.05. The van der Waals surface area contributed by atoms with E-state index < -0.39 is 0 Å². The molecule has 23 heavy (non-hydrogen) atoms. The molecule has 2 aromatic carbocycles. The number of hydrogen-bond donors (Lipinski definition) is 1. The molecule has 1 heterocycles. The summed E-state index contributed by atoms with van der Waals surface area (Å²) >= 11 is 1.82. The van der Waals surface area contributed by atoms with Crippen molar-refractivity contribution >= 4 is 17.7 Å². The summed E-state index contributed by atoms with van der Waals surface area (Å²) in [5.74, 6) is 2.37. The minimum Gasteiger partial charge on any atom is -0.497 e. The molecule has 4 nitrogen and oxygen atoms in total. The van der Waals surface area contributed by atoms with Crippen molar-refractivity contribution in [1.29, 1.82) is 0 Å². The fourth-order valence-corrected chi connectivity index (χ4v) is 3.41. The Morgan fingerprint density at radius 1 is 1.13 bits per heavy atom. The standard InChI is InChI=1S/C18H19N3OS/c1-22-15-8-6-14(7-9-15)16-4-2-3-5-17(16)23-13-12-21-11-10-20-18(21)19/h2-11H,12-13H2,1H3,(H2,19,20). The topological polar surface area (TPSA) is 53.1 Å². The minimum atomic E-state index is 0.564. The average Bonchev–Trinajstić information content (AvgIpc) is 3.01. The largest absolute Gasteiger partial charge is 0.497 e. The normalized spacial score (nSPS) is 10.7. The van der Waals surface area contributed by atoms with Gasteiger partial charge in [0.25, 0.3) is 0 Å². The van der Waals surface area contributed by atoms with E-state index in [0.29, 0.717) is 5.95 Å². The number of rotatable bonds is 6. The number of thioether (sulfide) groups is 1. The molecule has 0 spiro atoms. The van der Waals surface area contributed by atoms with Crippen molar-refractivity contribution in [1.82, 2.24) is 9.55 Å². The monoisotopic (exact) mass is 325 g/mol. The first-order valence-corrected chi connectivity index (χ1v) is 8.39. The highest BCUT2D eigenvalue weighted by Crippen LogP contribution is 2.32. The van der Waals surface area contributed by atoms with Crippen molar-refractivity contribution in [2.75, 3.05) is 18.6 Å².